The number of hydrogen-bond acceptors (Lipinski definition) is 4. The molecule has 1 aromatic rings. The van der Waals surface area contributed by atoms with Gasteiger partial charge in [0.25, 0.3) is 0 Å². The van der Waals surface area contributed by atoms with Crippen molar-refractivity contribution in [1.29, 1.82) is 0 Å². The van der Waals surface area contributed by atoms with E-state index in [1.54, 1.807) is 6.07 Å². The second-order valence-corrected chi connectivity index (χ2v) is 3.66. The minimum Gasteiger partial charge on any atom is -0.477 e. The average molecular weight is 222 g/mol. The summed E-state index contributed by atoms with van der Waals surface area (Å²) in [5.74, 6) is -0.993. The Morgan fingerprint density at radius 1 is 1.44 bits per heavy atom. The molecule has 1 saturated heterocycles. The van der Waals surface area contributed by atoms with Crippen molar-refractivity contribution < 1.29 is 14.6 Å². The lowest BCUT2D eigenvalue weighted by Crippen LogP contribution is -2.26. The third-order valence-electron chi connectivity index (χ3n) is 2.55. The van der Waals surface area contributed by atoms with Crippen LogP contribution in [0.3, 0.4) is 0 Å². The normalized spacial score (nSPS) is 16.9. The van der Waals surface area contributed by atoms with Crippen LogP contribution in [-0.4, -0.2) is 42.4 Å². The van der Waals surface area contributed by atoms with Crippen LogP contribution in [0.2, 0.25) is 0 Å². The second kappa shape index (κ2) is 4.94. The smallest absolute Gasteiger partial charge is 0.354 e. The molecule has 2 heterocycles. The monoisotopic (exact) mass is 222 g/mol. The summed E-state index contributed by atoms with van der Waals surface area (Å²) < 4.78 is 5.35. The van der Waals surface area contributed by atoms with E-state index in [0.717, 1.165) is 31.8 Å². The molecule has 0 unspecified atom stereocenters. The van der Waals surface area contributed by atoms with E-state index in [1.165, 1.54) is 6.20 Å². The van der Waals surface area contributed by atoms with E-state index < -0.39 is 5.97 Å². The molecule has 0 radical (unpaired) electrons. The molecule has 16 heavy (non-hydrogen) atoms. The van der Waals surface area contributed by atoms with Gasteiger partial charge in [0.15, 0.2) is 0 Å². The summed E-state index contributed by atoms with van der Waals surface area (Å²) in [4.78, 5) is 16.7. The van der Waals surface area contributed by atoms with Crippen LogP contribution in [0, 0.1) is 0 Å². The molecule has 5 heteroatoms. The molecule has 5 nitrogen and oxygen atoms in total. The Balaban J connectivity index is 2.18. The van der Waals surface area contributed by atoms with Crippen molar-refractivity contribution in [3.63, 3.8) is 0 Å². The predicted octanol–water partition coefficient (Wildman–Crippen LogP) is 1.01. The molecule has 1 fully saturated rings. The number of ether oxygens (including phenoxy) is 1. The first-order valence-electron chi connectivity index (χ1n) is 5.29. The van der Waals surface area contributed by atoms with E-state index in [4.69, 9.17) is 9.84 Å². The van der Waals surface area contributed by atoms with E-state index in [-0.39, 0.29) is 5.69 Å². The fourth-order valence-electron chi connectivity index (χ4n) is 1.74. The molecular formula is C11H14N2O3. The maximum absolute atomic E-state index is 10.8. The van der Waals surface area contributed by atoms with Gasteiger partial charge in [0.2, 0.25) is 0 Å². The number of aromatic carboxylic acids is 1. The number of carbonyl (C=O) groups is 1. The number of hydrogen-bond donors (Lipinski definition) is 1. The van der Waals surface area contributed by atoms with Crippen molar-refractivity contribution in [3.05, 3.63) is 24.0 Å². The topological polar surface area (TPSA) is 62.7 Å². The Kier molecular flexibility index (Phi) is 3.36. The summed E-state index contributed by atoms with van der Waals surface area (Å²) in [5, 5.41) is 8.86. The third-order valence-corrected chi connectivity index (χ3v) is 2.55. The molecule has 0 aromatic carbocycles. The first-order valence-corrected chi connectivity index (χ1v) is 5.29. The number of nitrogens with zero attached hydrogens (tertiary/aromatic N) is 2. The molecule has 0 spiro atoms. The Morgan fingerprint density at radius 2 is 2.31 bits per heavy atom. The average Bonchev–Trinajstić information content (AvgIpc) is 2.57. The van der Waals surface area contributed by atoms with Crippen LogP contribution in [-0.2, 0) is 4.74 Å². The van der Waals surface area contributed by atoms with Crippen LogP contribution in [0.15, 0.2) is 18.3 Å². The maximum atomic E-state index is 10.8. The molecule has 0 bridgehead atoms. The fraction of sp³-hybridized carbons (Fsp3) is 0.455. The van der Waals surface area contributed by atoms with Crippen LogP contribution < -0.4 is 4.90 Å². The number of aromatic nitrogens is 1. The van der Waals surface area contributed by atoms with Gasteiger partial charge in [-0.05, 0) is 18.6 Å². The summed E-state index contributed by atoms with van der Waals surface area (Å²) in [6.07, 6.45) is 2.50. The van der Waals surface area contributed by atoms with Gasteiger partial charge in [-0.15, -0.1) is 0 Å². The molecule has 1 aliphatic heterocycles. The van der Waals surface area contributed by atoms with Gasteiger partial charge < -0.3 is 14.7 Å². The van der Waals surface area contributed by atoms with E-state index in [2.05, 4.69) is 9.88 Å². The lowest BCUT2D eigenvalue weighted by molar-refractivity contribution is 0.0690. The number of carboxylic acid groups (broad SMARTS) is 1. The van der Waals surface area contributed by atoms with Crippen molar-refractivity contribution in [1.82, 2.24) is 4.98 Å². The highest BCUT2D eigenvalue weighted by Crippen LogP contribution is 2.16. The first-order chi connectivity index (χ1) is 7.77. The standard InChI is InChI=1S/C11H14N2O3/c14-11(15)10-8-9(2-3-12-10)13-4-1-6-16-7-5-13/h2-3,8H,1,4-7H2,(H,14,15). The van der Waals surface area contributed by atoms with Gasteiger partial charge >= 0.3 is 5.97 Å². The first kappa shape index (κ1) is 10.9. The summed E-state index contributed by atoms with van der Waals surface area (Å²) in [7, 11) is 0. The lowest BCUT2D eigenvalue weighted by atomic mass is 10.2. The summed E-state index contributed by atoms with van der Waals surface area (Å²) in [6, 6.07) is 3.44. The predicted molar refractivity (Wildman–Crippen MR) is 58.8 cm³/mol. The van der Waals surface area contributed by atoms with Crippen molar-refractivity contribution in [2.75, 3.05) is 31.2 Å². The van der Waals surface area contributed by atoms with E-state index >= 15 is 0 Å². The van der Waals surface area contributed by atoms with Gasteiger partial charge in [-0.3, -0.25) is 0 Å². The minimum absolute atomic E-state index is 0.0858. The van der Waals surface area contributed by atoms with Gasteiger partial charge in [-0.1, -0.05) is 0 Å². The number of anilines is 1. The highest BCUT2D eigenvalue weighted by Gasteiger charge is 2.12. The zero-order valence-electron chi connectivity index (χ0n) is 8.93. The molecule has 2 rings (SSSR count). The van der Waals surface area contributed by atoms with Crippen molar-refractivity contribution in [2.24, 2.45) is 0 Å². The van der Waals surface area contributed by atoms with Gasteiger partial charge in [-0.2, -0.15) is 0 Å². The molecule has 1 N–H and O–H groups in total. The number of pyridine rings is 1. The fourth-order valence-corrected chi connectivity index (χ4v) is 1.74. The molecule has 1 aromatic heterocycles. The van der Waals surface area contributed by atoms with Crippen molar-refractivity contribution in [2.45, 2.75) is 6.42 Å². The van der Waals surface area contributed by atoms with Crippen LogP contribution in [0.1, 0.15) is 16.9 Å². The van der Waals surface area contributed by atoms with Crippen LogP contribution in [0.4, 0.5) is 5.69 Å². The number of carboxylic acids is 1. The molecular weight excluding hydrogens is 208 g/mol. The van der Waals surface area contributed by atoms with Gasteiger partial charge in [0.05, 0.1) is 6.61 Å². The summed E-state index contributed by atoms with van der Waals surface area (Å²) in [6.45, 7) is 3.14. The van der Waals surface area contributed by atoms with E-state index in [0.29, 0.717) is 6.61 Å². The van der Waals surface area contributed by atoms with Crippen molar-refractivity contribution >= 4 is 11.7 Å². The van der Waals surface area contributed by atoms with Crippen molar-refractivity contribution in [3.8, 4) is 0 Å². The molecule has 1 aliphatic rings. The van der Waals surface area contributed by atoms with Crippen LogP contribution >= 0.6 is 0 Å². The zero-order chi connectivity index (χ0) is 11.4. The zero-order valence-corrected chi connectivity index (χ0v) is 8.93. The molecule has 0 aliphatic carbocycles. The highest BCUT2D eigenvalue weighted by atomic mass is 16.5. The highest BCUT2D eigenvalue weighted by molar-refractivity contribution is 5.86. The summed E-state index contributed by atoms with van der Waals surface area (Å²) >= 11 is 0. The van der Waals surface area contributed by atoms with Gasteiger partial charge in [0, 0.05) is 31.6 Å². The largest absolute Gasteiger partial charge is 0.477 e. The van der Waals surface area contributed by atoms with Gasteiger partial charge in [0.1, 0.15) is 5.69 Å². The lowest BCUT2D eigenvalue weighted by Gasteiger charge is -2.21. The second-order valence-electron chi connectivity index (χ2n) is 3.66. The van der Waals surface area contributed by atoms with E-state index in [9.17, 15) is 4.79 Å². The molecule has 0 atom stereocenters. The summed E-state index contributed by atoms with van der Waals surface area (Å²) in [5.41, 5.74) is 0.987. The molecule has 0 saturated carbocycles. The Hall–Kier alpha value is -1.62. The Morgan fingerprint density at radius 3 is 3.12 bits per heavy atom. The Bertz CT molecular complexity index is 373. The maximum Gasteiger partial charge on any atom is 0.354 e. The van der Waals surface area contributed by atoms with Gasteiger partial charge in [-0.25, -0.2) is 9.78 Å². The SMILES string of the molecule is O=C(O)c1cc(N2CCCOCC2)ccn1. The quantitative estimate of drug-likeness (QED) is 0.809. The van der Waals surface area contributed by atoms with Crippen LogP contribution in [0.5, 0.6) is 0 Å². The van der Waals surface area contributed by atoms with E-state index in [1.807, 2.05) is 6.07 Å². The van der Waals surface area contributed by atoms with Crippen LogP contribution in [0.25, 0.3) is 0 Å². The minimum atomic E-state index is -0.993. The Labute approximate surface area is 93.7 Å². The third kappa shape index (κ3) is 2.49. The number of rotatable bonds is 2. The molecule has 0 amide bonds. The molecule has 86 valence electrons.